The number of nitrogens with one attached hydrogen (secondary N) is 1. The van der Waals surface area contributed by atoms with Gasteiger partial charge in [0.1, 0.15) is 5.75 Å². The number of para-hydroxylation sites is 1. The fraction of sp³-hybridized carbons (Fsp3) is 0.300. The van der Waals surface area contributed by atoms with E-state index < -0.39 is 5.92 Å². The van der Waals surface area contributed by atoms with Gasteiger partial charge in [0.15, 0.2) is 0 Å². The van der Waals surface area contributed by atoms with Crippen LogP contribution in [0.3, 0.4) is 0 Å². The SMILES string of the molecule is CC(C)Oc1ccc(N2C[C@H](C(=O)Nc3ccccc3Cl)CC2=O)cc1. The molecule has 26 heavy (non-hydrogen) atoms. The summed E-state index contributed by atoms with van der Waals surface area (Å²) in [5.41, 5.74) is 1.32. The summed E-state index contributed by atoms with van der Waals surface area (Å²) < 4.78 is 5.62. The second-order valence-electron chi connectivity index (χ2n) is 6.53. The first kappa shape index (κ1) is 18.3. The molecule has 1 atom stereocenters. The third-order valence-electron chi connectivity index (χ3n) is 4.15. The fourth-order valence-corrected chi connectivity index (χ4v) is 3.09. The highest BCUT2D eigenvalue weighted by Gasteiger charge is 2.35. The van der Waals surface area contributed by atoms with Crippen LogP contribution in [-0.4, -0.2) is 24.5 Å². The summed E-state index contributed by atoms with van der Waals surface area (Å²) >= 11 is 6.08. The number of ether oxygens (including phenoxy) is 1. The summed E-state index contributed by atoms with van der Waals surface area (Å²) in [7, 11) is 0. The van der Waals surface area contributed by atoms with Gasteiger partial charge in [-0.2, -0.15) is 0 Å². The van der Waals surface area contributed by atoms with Gasteiger partial charge in [0.25, 0.3) is 0 Å². The number of nitrogens with zero attached hydrogens (tertiary/aromatic N) is 1. The molecule has 0 radical (unpaired) electrons. The number of hydrogen-bond donors (Lipinski definition) is 1. The van der Waals surface area contributed by atoms with E-state index >= 15 is 0 Å². The van der Waals surface area contributed by atoms with E-state index in [-0.39, 0.29) is 24.3 Å². The van der Waals surface area contributed by atoms with Gasteiger partial charge in [-0.3, -0.25) is 9.59 Å². The largest absolute Gasteiger partial charge is 0.491 e. The Morgan fingerprint density at radius 1 is 1.19 bits per heavy atom. The van der Waals surface area contributed by atoms with Crippen molar-refractivity contribution in [2.45, 2.75) is 26.4 Å². The average molecular weight is 373 g/mol. The maximum Gasteiger partial charge on any atom is 0.229 e. The Morgan fingerprint density at radius 2 is 1.88 bits per heavy atom. The summed E-state index contributed by atoms with van der Waals surface area (Å²) in [5, 5.41) is 3.28. The number of benzene rings is 2. The lowest BCUT2D eigenvalue weighted by atomic mass is 10.1. The molecule has 2 aromatic rings. The molecule has 6 heteroatoms. The highest BCUT2D eigenvalue weighted by atomic mass is 35.5. The van der Waals surface area contributed by atoms with Gasteiger partial charge < -0.3 is 15.0 Å². The molecule has 0 aliphatic carbocycles. The molecule has 0 spiro atoms. The Balaban J connectivity index is 1.66. The van der Waals surface area contributed by atoms with Gasteiger partial charge in [-0.05, 0) is 50.2 Å². The van der Waals surface area contributed by atoms with Crippen molar-refractivity contribution in [1.82, 2.24) is 0 Å². The molecular formula is C20H21ClN2O3. The lowest BCUT2D eigenvalue weighted by molar-refractivity contribution is -0.122. The topological polar surface area (TPSA) is 58.6 Å². The van der Waals surface area contributed by atoms with E-state index in [9.17, 15) is 9.59 Å². The first-order valence-electron chi connectivity index (χ1n) is 8.56. The lowest BCUT2D eigenvalue weighted by Crippen LogP contribution is -2.28. The van der Waals surface area contributed by atoms with Crippen LogP contribution in [0.1, 0.15) is 20.3 Å². The van der Waals surface area contributed by atoms with Gasteiger partial charge >= 0.3 is 0 Å². The molecule has 1 heterocycles. The van der Waals surface area contributed by atoms with E-state index in [1.165, 1.54) is 0 Å². The molecule has 1 aliphatic heterocycles. The number of carbonyl (C=O) groups is 2. The molecule has 0 bridgehead atoms. The molecule has 0 unspecified atom stereocenters. The molecule has 1 saturated heterocycles. The van der Waals surface area contributed by atoms with Crippen LogP contribution in [0.4, 0.5) is 11.4 Å². The van der Waals surface area contributed by atoms with Crippen molar-refractivity contribution < 1.29 is 14.3 Å². The van der Waals surface area contributed by atoms with Crippen molar-refractivity contribution in [3.8, 4) is 5.75 Å². The minimum absolute atomic E-state index is 0.0677. The second-order valence-corrected chi connectivity index (χ2v) is 6.94. The van der Waals surface area contributed by atoms with E-state index in [4.69, 9.17) is 16.3 Å². The predicted molar refractivity (Wildman–Crippen MR) is 103 cm³/mol. The van der Waals surface area contributed by atoms with Crippen LogP contribution in [0, 0.1) is 5.92 Å². The number of anilines is 2. The van der Waals surface area contributed by atoms with Crippen LogP contribution in [0.2, 0.25) is 5.02 Å². The molecule has 0 aromatic heterocycles. The van der Waals surface area contributed by atoms with E-state index in [1.54, 1.807) is 29.2 Å². The van der Waals surface area contributed by atoms with Crippen LogP contribution in [-0.2, 0) is 9.59 Å². The molecule has 1 N–H and O–H groups in total. The molecule has 5 nitrogen and oxygen atoms in total. The van der Waals surface area contributed by atoms with Crippen LogP contribution < -0.4 is 15.0 Å². The van der Waals surface area contributed by atoms with Crippen molar-refractivity contribution in [3.63, 3.8) is 0 Å². The van der Waals surface area contributed by atoms with Crippen molar-refractivity contribution in [2.75, 3.05) is 16.8 Å². The Morgan fingerprint density at radius 3 is 2.54 bits per heavy atom. The average Bonchev–Trinajstić information content (AvgIpc) is 2.99. The molecule has 3 rings (SSSR count). The molecule has 1 fully saturated rings. The van der Waals surface area contributed by atoms with Gasteiger partial charge in [-0.15, -0.1) is 0 Å². The van der Waals surface area contributed by atoms with Gasteiger partial charge in [0, 0.05) is 18.7 Å². The lowest BCUT2D eigenvalue weighted by Gasteiger charge is -2.18. The third kappa shape index (κ3) is 4.17. The van der Waals surface area contributed by atoms with E-state index in [1.807, 2.05) is 38.1 Å². The quantitative estimate of drug-likeness (QED) is 0.858. The maximum atomic E-state index is 12.5. The summed E-state index contributed by atoms with van der Waals surface area (Å²) in [4.78, 5) is 26.5. The van der Waals surface area contributed by atoms with Crippen LogP contribution in [0.15, 0.2) is 48.5 Å². The van der Waals surface area contributed by atoms with Gasteiger partial charge in [0.05, 0.1) is 22.7 Å². The fourth-order valence-electron chi connectivity index (χ4n) is 2.91. The first-order valence-corrected chi connectivity index (χ1v) is 8.94. The van der Waals surface area contributed by atoms with Crippen LogP contribution in [0.25, 0.3) is 0 Å². The Hall–Kier alpha value is -2.53. The summed E-state index contributed by atoms with van der Waals surface area (Å²) in [6.07, 6.45) is 0.271. The Kier molecular flexibility index (Phi) is 5.47. The highest BCUT2D eigenvalue weighted by molar-refractivity contribution is 6.33. The zero-order valence-corrected chi connectivity index (χ0v) is 15.5. The zero-order chi connectivity index (χ0) is 18.7. The number of rotatable bonds is 5. The number of halogens is 1. The van der Waals surface area contributed by atoms with E-state index in [2.05, 4.69) is 5.32 Å². The maximum absolute atomic E-state index is 12.5. The molecule has 0 saturated carbocycles. The smallest absolute Gasteiger partial charge is 0.229 e. The minimum atomic E-state index is -0.412. The highest BCUT2D eigenvalue weighted by Crippen LogP contribution is 2.29. The molecule has 2 aromatic carbocycles. The minimum Gasteiger partial charge on any atom is -0.491 e. The molecule has 1 aliphatic rings. The van der Waals surface area contributed by atoms with Gasteiger partial charge in [-0.1, -0.05) is 23.7 Å². The zero-order valence-electron chi connectivity index (χ0n) is 14.7. The number of amides is 2. The van der Waals surface area contributed by atoms with E-state index in [0.717, 1.165) is 11.4 Å². The van der Waals surface area contributed by atoms with Crippen molar-refractivity contribution >= 4 is 34.8 Å². The van der Waals surface area contributed by atoms with Crippen molar-refractivity contribution in [2.24, 2.45) is 5.92 Å². The first-order chi connectivity index (χ1) is 12.4. The van der Waals surface area contributed by atoms with Crippen molar-refractivity contribution in [1.29, 1.82) is 0 Å². The Labute approximate surface area is 157 Å². The number of carbonyl (C=O) groups excluding carboxylic acids is 2. The second kappa shape index (κ2) is 7.79. The van der Waals surface area contributed by atoms with Crippen molar-refractivity contribution in [3.05, 3.63) is 53.6 Å². The third-order valence-corrected chi connectivity index (χ3v) is 4.48. The standard InChI is InChI=1S/C20H21ClN2O3/c1-13(2)26-16-9-7-15(8-10-16)23-12-14(11-19(23)24)20(25)22-18-6-4-3-5-17(18)21/h3-10,13-14H,11-12H2,1-2H3,(H,22,25)/t14-/m1/s1. The normalized spacial score (nSPS) is 16.8. The molecule has 136 valence electrons. The Bertz CT molecular complexity index is 805. The monoisotopic (exact) mass is 372 g/mol. The van der Waals surface area contributed by atoms with Crippen LogP contribution >= 0.6 is 11.6 Å². The van der Waals surface area contributed by atoms with Crippen LogP contribution in [0.5, 0.6) is 5.75 Å². The molecular weight excluding hydrogens is 352 g/mol. The summed E-state index contributed by atoms with van der Waals surface area (Å²) in [6, 6.07) is 14.4. The molecule has 2 amide bonds. The van der Waals surface area contributed by atoms with E-state index in [0.29, 0.717) is 17.3 Å². The predicted octanol–water partition coefficient (Wildman–Crippen LogP) is 4.12. The summed E-state index contributed by atoms with van der Waals surface area (Å²) in [6.45, 7) is 4.26. The summed E-state index contributed by atoms with van der Waals surface area (Å²) in [5.74, 6) is 0.0734. The van der Waals surface area contributed by atoms with Gasteiger partial charge in [0.2, 0.25) is 11.8 Å². The number of hydrogen-bond acceptors (Lipinski definition) is 3. The van der Waals surface area contributed by atoms with Gasteiger partial charge in [-0.25, -0.2) is 0 Å².